The fourth-order valence-corrected chi connectivity index (χ4v) is 2.13. The molecule has 2 aromatic heterocycles. The highest BCUT2D eigenvalue weighted by atomic mass is 35.5. The molecule has 0 bridgehead atoms. The van der Waals surface area contributed by atoms with Crippen molar-refractivity contribution in [3.8, 4) is 0 Å². The van der Waals surface area contributed by atoms with Gasteiger partial charge in [-0.3, -0.25) is 0 Å². The second kappa shape index (κ2) is 4.62. The Morgan fingerprint density at radius 2 is 2.43 bits per heavy atom. The van der Waals surface area contributed by atoms with Crippen LogP contribution < -0.4 is 0 Å². The second-order valence-electron chi connectivity index (χ2n) is 3.07. The van der Waals surface area contributed by atoms with Gasteiger partial charge in [-0.05, 0) is 17.9 Å². The molecule has 2 aromatic rings. The van der Waals surface area contributed by atoms with E-state index in [-0.39, 0.29) is 0 Å². The quantitative estimate of drug-likeness (QED) is 0.733. The van der Waals surface area contributed by atoms with Gasteiger partial charge < -0.3 is 4.57 Å². The van der Waals surface area contributed by atoms with Crippen molar-refractivity contribution in [3.63, 3.8) is 0 Å². The van der Waals surface area contributed by atoms with E-state index in [1.807, 2.05) is 12.5 Å². The molecule has 0 aliphatic carbocycles. The number of alkyl halides is 1. The zero-order valence-electron chi connectivity index (χ0n) is 7.69. The van der Waals surface area contributed by atoms with E-state index in [0.29, 0.717) is 5.88 Å². The Morgan fingerprint density at radius 1 is 1.50 bits per heavy atom. The van der Waals surface area contributed by atoms with Gasteiger partial charge in [0, 0.05) is 17.6 Å². The number of halogens is 1. The van der Waals surface area contributed by atoms with Crippen LogP contribution in [-0.4, -0.2) is 9.55 Å². The van der Waals surface area contributed by atoms with Crippen LogP contribution in [0.15, 0.2) is 30.0 Å². The van der Waals surface area contributed by atoms with E-state index in [1.54, 1.807) is 11.3 Å². The lowest BCUT2D eigenvalue weighted by Gasteiger charge is -1.98. The first-order chi connectivity index (χ1) is 6.88. The maximum Gasteiger partial charge on any atom is 0.0950 e. The minimum atomic E-state index is 0.492. The molecule has 0 saturated carbocycles. The largest absolute Gasteiger partial charge is 0.337 e. The zero-order chi connectivity index (χ0) is 9.80. The Bertz CT molecular complexity index is 380. The molecule has 14 heavy (non-hydrogen) atoms. The zero-order valence-corrected chi connectivity index (χ0v) is 9.26. The molecule has 0 saturated heterocycles. The van der Waals surface area contributed by atoms with Crippen LogP contribution in [0.2, 0.25) is 0 Å². The van der Waals surface area contributed by atoms with E-state index < -0.39 is 0 Å². The number of rotatable bonds is 4. The number of thiophene rings is 1. The number of aryl methyl sites for hydroxylation is 2. The number of imidazole rings is 1. The molecule has 74 valence electrons. The average Bonchev–Trinajstić information content (AvgIpc) is 2.86. The van der Waals surface area contributed by atoms with Gasteiger partial charge in [-0.2, -0.15) is 0 Å². The van der Waals surface area contributed by atoms with E-state index in [0.717, 1.165) is 18.7 Å². The molecule has 0 radical (unpaired) electrons. The van der Waals surface area contributed by atoms with Gasteiger partial charge in [0.05, 0.1) is 17.9 Å². The lowest BCUT2D eigenvalue weighted by Crippen LogP contribution is -1.96. The van der Waals surface area contributed by atoms with Gasteiger partial charge in [-0.25, -0.2) is 4.98 Å². The number of hydrogen-bond donors (Lipinski definition) is 0. The topological polar surface area (TPSA) is 17.8 Å². The summed E-state index contributed by atoms with van der Waals surface area (Å²) < 4.78 is 2.08. The molecular weight excluding hydrogens is 216 g/mol. The van der Waals surface area contributed by atoms with Crippen LogP contribution >= 0.6 is 22.9 Å². The first kappa shape index (κ1) is 9.74. The van der Waals surface area contributed by atoms with Crippen LogP contribution in [0.5, 0.6) is 0 Å². The van der Waals surface area contributed by atoms with E-state index in [4.69, 9.17) is 11.6 Å². The maximum atomic E-state index is 5.67. The Kier molecular flexibility index (Phi) is 3.22. The summed E-state index contributed by atoms with van der Waals surface area (Å²) in [4.78, 5) is 5.58. The summed E-state index contributed by atoms with van der Waals surface area (Å²) in [5.74, 6) is 0.492. The average molecular weight is 227 g/mol. The van der Waals surface area contributed by atoms with Crippen LogP contribution in [0, 0.1) is 0 Å². The van der Waals surface area contributed by atoms with E-state index >= 15 is 0 Å². The summed E-state index contributed by atoms with van der Waals surface area (Å²) >= 11 is 7.46. The molecule has 2 nitrogen and oxygen atoms in total. The van der Waals surface area contributed by atoms with Crippen molar-refractivity contribution in [1.29, 1.82) is 0 Å². The Balaban J connectivity index is 1.92. The number of aromatic nitrogens is 2. The second-order valence-corrected chi connectivity index (χ2v) is 4.37. The summed E-state index contributed by atoms with van der Waals surface area (Å²) in [7, 11) is 0. The fraction of sp³-hybridized carbons (Fsp3) is 0.300. The van der Waals surface area contributed by atoms with Crippen molar-refractivity contribution in [2.24, 2.45) is 0 Å². The van der Waals surface area contributed by atoms with Crippen LogP contribution in [-0.2, 0) is 18.8 Å². The van der Waals surface area contributed by atoms with Crippen LogP contribution in [0.25, 0.3) is 0 Å². The highest BCUT2D eigenvalue weighted by molar-refractivity contribution is 7.09. The smallest absolute Gasteiger partial charge is 0.0950 e. The molecule has 2 rings (SSSR count). The fourth-order valence-electron chi connectivity index (χ4n) is 1.29. The van der Waals surface area contributed by atoms with Crippen LogP contribution in [0.3, 0.4) is 0 Å². The third-order valence-electron chi connectivity index (χ3n) is 2.02. The molecule has 0 unspecified atom stereocenters. The molecule has 0 N–H and O–H groups in total. The van der Waals surface area contributed by atoms with Gasteiger partial charge in [0.15, 0.2) is 0 Å². The van der Waals surface area contributed by atoms with Crippen molar-refractivity contribution in [3.05, 3.63) is 40.6 Å². The standard InChI is InChI=1S/C10H11ClN2S/c11-6-9-7-13(8-12-9)4-3-10-2-1-5-14-10/h1-2,5,7-8H,3-4,6H2. The first-order valence-corrected chi connectivity index (χ1v) is 5.89. The van der Waals surface area contributed by atoms with Gasteiger partial charge in [0.1, 0.15) is 0 Å². The van der Waals surface area contributed by atoms with E-state index in [2.05, 4.69) is 27.1 Å². The van der Waals surface area contributed by atoms with Gasteiger partial charge in [-0.15, -0.1) is 22.9 Å². The van der Waals surface area contributed by atoms with Crippen molar-refractivity contribution < 1.29 is 0 Å². The molecular formula is C10H11ClN2S. The molecule has 0 aliphatic heterocycles. The Labute approximate surface area is 92.2 Å². The number of hydrogen-bond acceptors (Lipinski definition) is 2. The molecule has 0 fully saturated rings. The molecule has 0 aliphatic rings. The Morgan fingerprint density at radius 3 is 3.07 bits per heavy atom. The minimum absolute atomic E-state index is 0.492. The van der Waals surface area contributed by atoms with Gasteiger partial charge >= 0.3 is 0 Å². The lowest BCUT2D eigenvalue weighted by atomic mass is 10.3. The summed E-state index contributed by atoms with van der Waals surface area (Å²) in [6.45, 7) is 0.977. The van der Waals surface area contributed by atoms with Crippen LogP contribution in [0.1, 0.15) is 10.6 Å². The Hall–Kier alpha value is -0.800. The SMILES string of the molecule is ClCc1cn(CCc2cccs2)cn1. The lowest BCUT2D eigenvalue weighted by molar-refractivity contribution is 0.701. The van der Waals surface area contributed by atoms with Crippen molar-refractivity contribution in [1.82, 2.24) is 9.55 Å². The summed E-state index contributed by atoms with van der Waals surface area (Å²) in [6.07, 6.45) is 4.90. The van der Waals surface area contributed by atoms with Crippen molar-refractivity contribution >= 4 is 22.9 Å². The molecule has 0 amide bonds. The van der Waals surface area contributed by atoms with E-state index in [1.165, 1.54) is 4.88 Å². The minimum Gasteiger partial charge on any atom is -0.337 e. The summed E-state index contributed by atoms with van der Waals surface area (Å²) in [5, 5.41) is 2.10. The van der Waals surface area contributed by atoms with Gasteiger partial charge in [-0.1, -0.05) is 6.07 Å². The van der Waals surface area contributed by atoms with Crippen molar-refractivity contribution in [2.75, 3.05) is 0 Å². The van der Waals surface area contributed by atoms with Gasteiger partial charge in [0.2, 0.25) is 0 Å². The molecule has 4 heteroatoms. The maximum absolute atomic E-state index is 5.67. The third kappa shape index (κ3) is 2.36. The third-order valence-corrected chi connectivity index (χ3v) is 3.23. The molecule has 2 heterocycles. The van der Waals surface area contributed by atoms with E-state index in [9.17, 15) is 0 Å². The van der Waals surface area contributed by atoms with Crippen LogP contribution in [0.4, 0.5) is 0 Å². The molecule has 0 aromatic carbocycles. The molecule has 0 atom stereocenters. The van der Waals surface area contributed by atoms with Crippen molar-refractivity contribution in [2.45, 2.75) is 18.8 Å². The highest BCUT2D eigenvalue weighted by Crippen LogP contribution is 2.10. The highest BCUT2D eigenvalue weighted by Gasteiger charge is 1.98. The predicted molar refractivity (Wildman–Crippen MR) is 59.8 cm³/mol. The summed E-state index contributed by atoms with van der Waals surface area (Å²) in [6, 6.07) is 4.24. The predicted octanol–water partition coefficient (Wildman–Crippen LogP) is 2.93. The molecule has 0 spiro atoms. The normalized spacial score (nSPS) is 10.6. The monoisotopic (exact) mass is 226 g/mol. The summed E-state index contributed by atoms with van der Waals surface area (Å²) in [5.41, 5.74) is 0.942. The van der Waals surface area contributed by atoms with Gasteiger partial charge in [0.25, 0.3) is 0 Å². The first-order valence-electron chi connectivity index (χ1n) is 4.47. The number of nitrogens with zero attached hydrogens (tertiary/aromatic N) is 2.